The Morgan fingerprint density at radius 2 is 2.08 bits per heavy atom. The Kier molecular flexibility index (Phi) is 8.26. The first kappa shape index (κ1) is 26.6. The highest BCUT2D eigenvalue weighted by molar-refractivity contribution is 8.00. The van der Waals surface area contributed by atoms with E-state index < -0.39 is 12.1 Å². The maximum Gasteiger partial charge on any atom is 0.307 e. The molecule has 3 atom stereocenters. The van der Waals surface area contributed by atoms with Crippen LogP contribution < -0.4 is 14.9 Å². The molecular formula is C29H36N4O4S. The first-order valence-electron chi connectivity index (χ1n) is 13.4. The first-order valence-corrected chi connectivity index (χ1v) is 14.3. The number of carbonyl (C=O) groups is 2. The van der Waals surface area contributed by atoms with E-state index in [1.807, 2.05) is 49.5 Å². The average molecular weight is 537 g/mol. The molecule has 3 heterocycles. The zero-order valence-corrected chi connectivity index (χ0v) is 22.8. The van der Waals surface area contributed by atoms with Gasteiger partial charge in [-0.15, -0.1) is 0 Å². The fourth-order valence-electron chi connectivity index (χ4n) is 5.37. The number of carbonyl (C=O) groups excluding carboxylic acids is 2. The van der Waals surface area contributed by atoms with Crippen molar-refractivity contribution in [2.24, 2.45) is 0 Å². The minimum atomic E-state index is -0.841. The lowest BCUT2D eigenvalue weighted by molar-refractivity contribution is -0.147. The maximum absolute atomic E-state index is 13.7. The molecule has 9 heteroatoms. The fraction of sp³-hybridized carbons (Fsp3) is 0.448. The highest BCUT2D eigenvalue weighted by Crippen LogP contribution is 2.38. The van der Waals surface area contributed by atoms with E-state index in [0.717, 1.165) is 35.5 Å². The number of rotatable bonds is 9. The molecule has 0 spiro atoms. The number of ether oxygens (including phenoxy) is 1. The lowest BCUT2D eigenvalue weighted by atomic mass is 9.99. The number of aromatic nitrogens is 1. The summed E-state index contributed by atoms with van der Waals surface area (Å²) in [5.74, 6) is 0.556. The van der Waals surface area contributed by atoms with Gasteiger partial charge in [-0.1, -0.05) is 30.3 Å². The molecule has 2 aliphatic heterocycles. The van der Waals surface area contributed by atoms with Crippen molar-refractivity contribution in [3.8, 4) is 0 Å². The van der Waals surface area contributed by atoms with Gasteiger partial charge in [0, 0.05) is 49.1 Å². The van der Waals surface area contributed by atoms with Crippen LogP contribution in [0.1, 0.15) is 41.3 Å². The van der Waals surface area contributed by atoms with Gasteiger partial charge in [0.2, 0.25) is 0 Å². The topological polar surface area (TPSA) is 95.8 Å². The van der Waals surface area contributed by atoms with Crippen molar-refractivity contribution in [2.75, 3.05) is 30.3 Å². The van der Waals surface area contributed by atoms with Crippen LogP contribution in [-0.4, -0.2) is 65.7 Å². The number of aliphatic hydroxyl groups excluding tert-OH is 1. The summed E-state index contributed by atoms with van der Waals surface area (Å²) in [6, 6.07) is 13.3. The van der Waals surface area contributed by atoms with E-state index in [4.69, 9.17) is 4.74 Å². The summed E-state index contributed by atoms with van der Waals surface area (Å²) in [6.07, 6.45) is 3.85. The Labute approximate surface area is 227 Å². The number of aliphatic hydroxyl groups is 1. The van der Waals surface area contributed by atoms with Crippen LogP contribution in [0.5, 0.6) is 0 Å². The number of esters is 1. The standard InChI is InChI=1S/C29H36N4O4S/c1-3-33-18-20-10-12-38-32(2)24-14-21(15-25(33)28(20)24)29(36)31-23(13-19-7-5-4-6-8-19)26(34)17-30-22-9-11-37-27(35)16-22/h4-8,14-15,18,22-23,26,30,34H,3,9-13,16-17H2,1-2H3,(H,31,36)/t22?,23-,26+/m0/s1. The van der Waals surface area contributed by atoms with Crippen molar-refractivity contribution in [2.45, 2.75) is 57.3 Å². The third-order valence-corrected chi connectivity index (χ3v) is 8.45. The van der Waals surface area contributed by atoms with Crippen molar-refractivity contribution < 1.29 is 19.4 Å². The highest BCUT2D eigenvalue weighted by atomic mass is 32.2. The van der Waals surface area contributed by atoms with E-state index >= 15 is 0 Å². The molecule has 1 saturated heterocycles. The second-order valence-corrected chi connectivity index (χ2v) is 11.3. The molecular weight excluding hydrogens is 500 g/mol. The zero-order chi connectivity index (χ0) is 26.6. The van der Waals surface area contributed by atoms with Gasteiger partial charge in [-0.25, -0.2) is 0 Å². The van der Waals surface area contributed by atoms with E-state index in [9.17, 15) is 14.7 Å². The third kappa shape index (κ3) is 5.85. The second kappa shape index (κ2) is 11.8. The van der Waals surface area contributed by atoms with Crippen molar-refractivity contribution in [1.82, 2.24) is 15.2 Å². The summed E-state index contributed by atoms with van der Waals surface area (Å²) in [7, 11) is 2.05. The van der Waals surface area contributed by atoms with Gasteiger partial charge >= 0.3 is 5.97 Å². The molecule has 8 nitrogen and oxygen atoms in total. The van der Waals surface area contributed by atoms with Crippen LogP contribution in [0.2, 0.25) is 0 Å². The number of hydrogen-bond donors (Lipinski definition) is 3. The minimum Gasteiger partial charge on any atom is -0.466 e. The van der Waals surface area contributed by atoms with Crippen molar-refractivity contribution >= 4 is 40.4 Å². The Balaban J connectivity index is 1.39. The van der Waals surface area contributed by atoms with Crippen LogP contribution in [0.25, 0.3) is 10.9 Å². The molecule has 0 radical (unpaired) electrons. The highest BCUT2D eigenvalue weighted by Gasteiger charge is 2.27. The number of benzene rings is 2. The van der Waals surface area contributed by atoms with Gasteiger partial charge < -0.3 is 29.3 Å². The van der Waals surface area contributed by atoms with Gasteiger partial charge in [0.15, 0.2) is 0 Å². The lowest BCUT2D eigenvalue weighted by Gasteiger charge is -2.28. The summed E-state index contributed by atoms with van der Waals surface area (Å²) in [6.45, 7) is 3.59. The molecule has 0 aliphatic carbocycles. The number of hydrogen-bond acceptors (Lipinski definition) is 7. The maximum atomic E-state index is 13.7. The number of nitrogens with one attached hydrogen (secondary N) is 2. The normalized spacial score (nSPS) is 19.1. The van der Waals surface area contributed by atoms with Crippen molar-refractivity contribution in [3.05, 3.63) is 65.4 Å². The van der Waals surface area contributed by atoms with Crippen LogP contribution >= 0.6 is 11.9 Å². The summed E-state index contributed by atoms with van der Waals surface area (Å²) < 4.78 is 9.39. The van der Waals surface area contributed by atoms with E-state index in [2.05, 4.69) is 32.6 Å². The lowest BCUT2D eigenvalue weighted by Crippen LogP contribution is -2.51. The van der Waals surface area contributed by atoms with Crippen molar-refractivity contribution in [1.29, 1.82) is 0 Å². The Bertz CT molecular complexity index is 1290. The predicted molar refractivity (Wildman–Crippen MR) is 152 cm³/mol. The van der Waals surface area contributed by atoms with Gasteiger partial charge in [0.05, 0.1) is 36.4 Å². The molecule has 1 amide bonds. The minimum absolute atomic E-state index is 0.0394. The molecule has 0 bridgehead atoms. The molecule has 2 aliphatic rings. The summed E-state index contributed by atoms with van der Waals surface area (Å²) in [5.41, 5.74) is 5.03. The molecule has 3 aromatic rings. The predicted octanol–water partition coefficient (Wildman–Crippen LogP) is 3.30. The largest absolute Gasteiger partial charge is 0.466 e. The van der Waals surface area contributed by atoms with Crippen LogP contribution in [0.3, 0.4) is 0 Å². The third-order valence-electron chi connectivity index (χ3n) is 7.47. The van der Waals surface area contributed by atoms with Crippen LogP contribution in [0, 0.1) is 0 Å². The summed E-state index contributed by atoms with van der Waals surface area (Å²) >= 11 is 1.76. The number of aryl methyl sites for hydroxylation is 2. The molecule has 202 valence electrons. The van der Waals surface area contributed by atoms with Crippen LogP contribution in [-0.2, 0) is 28.9 Å². The van der Waals surface area contributed by atoms with Gasteiger partial charge in [-0.2, -0.15) is 0 Å². The average Bonchev–Trinajstić information content (AvgIpc) is 3.20. The monoisotopic (exact) mass is 536 g/mol. The van der Waals surface area contributed by atoms with Gasteiger partial charge in [0.25, 0.3) is 5.91 Å². The van der Waals surface area contributed by atoms with Crippen molar-refractivity contribution in [3.63, 3.8) is 0 Å². The smallest absolute Gasteiger partial charge is 0.307 e. The van der Waals surface area contributed by atoms with Gasteiger partial charge in [-0.05, 0) is 61.4 Å². The number of anilines is 1. The SMILES string of the molecule is CCn1cc2c3c(cc(C(=O)N[C@@H](Cc4ccccc4)[C@H](O)CNC4CCOC(=O)C4)cc31)N(C)SCC2. The molecule has 38 heavy (non-hydrogen) atoms. The summed E-state index contributed by atoms with van der Waals surface area (Å²) in [4.78, 5) is 25.3. The molecule has 2 aromatic carbocycles. The summed E-state index contributed by atoms with van der Waals surface area (Å²) in [5, 5.41) is 18.8. The fourth-order valence-corrected chi connectivity index (χ4v) is 6.23. The quantitative estimate of drug-likeness (QED) is 0.285. The Morgan fingerprint density at radius 1 is 1.26 bits per heavy atom. The number of cyclic esters (lactones) is 1. The van der Waals surface area contributed by atoms with E-state index in [1.165, 1.54) is 10.9 Å². The van der Waals surface area contributed by atoms with E-state index in [0.29, 0.717) is 25.0 Å². The van der Waals surface area contributed by atoms with Crippen LogP contribution in [0.4, 0.5) is 5.69 Å². The Morgan fingerprint density at radius 3 is 2.84 bits per heavy atom. The van der Waals surface area contributed by atoms with Gasteiger partial charge in [0.1, 0.15) is 0 Å². The first-order chi connectivity index (χ1) is 18.4. The molecule has 5 rings (SSSR count). The molecule has 1 fully saturated rings. The second-order valence-electron chi connectivity index (χ2n) is 10.1. The van der Waals surface area contributed by atoms with E-state index in [1.54, 1.807) is 11.9 Å². The molecule has 0 saturated carbocycles. The number of amides is 1. The van der Waals surface area contributed by atoms with Gasteiger partial charge in [-0.3, -0.25) is 9.59 Å². The molecule has 1 unspecified atom stereocenters. The van der Waals surface area contributed by atoms with Crippen LogP contribution in [0.15, 0.2) is 48.7 Å². The molecule has 3 N–H and O–H groups in total. The molecule has 1 aromatic heterocycles. The van der Waals surface area contributed by atoms with E-state index in [-0.39, 0.29) is 30.9 Å². The zero-order valence-electron chi connectivity index (χ0n) is 22.0. The number of nitrogens with zero attached hydrogens (tertiary/aromatic N) is 2. The Hall–Kier alpha value is -3.01.